The van der Waals surface area contributed by atoms with E-state index in [1.807, 2.05) is 0 Å². The number of hydrogen-bond acceptors (Lipinski definition) is 0. The molecule has 0 unspecified atom stereocenters. The van der Waals surface area contributed by atoms with Gasteiger partial charge in [0.1, 0.15) is 0 Å². The summed E-state index contributed by atoms with van der Waals surface area (Å²) in [7, 11) is 0. The van der Waals surface area contributed by atoms with Crippen molar-refractivity contribution in [2.75, 3.05) is 0 Å². The van der Waals surface area contributed by atoms with Gasteiger partial charge in [-0.15, -0.1) is 12.1 Å². The standard InChI is InChI=1S/C8H6BClF3.K/c1-6(9(11,12)13)7-2-4-8(10)5-3-7;/h2-5H,1H2;/q-1;+1. The number of halogens is 4. The van der Waals surface area contributed by atoms with Crippen LogP contribution in [0.3, 0.4) is 0 Å². The second-order valence-corrected chi connectivity index (χ2v) is 3.04. The van der Waals surface area contributed by atoms with Gasteiger partial charge in [-0.3, -0.25) is 0 Å². The molecule has 0 nitrogen and oxygen atoms in total. The minimum absolute atomic E-state index is 0. The van der Waals surface area contributed by atoms with Gasteiger partial charge in [0.05, 0.1) is 0 Å². The molecule has 0 saturated heterocycles. The van der Waals surface area contributed by atoms with Crippen molar-refractivity contribution in [1.29, 1.82) is 0 Å². The summed E-state index contributed by atoms with van der Waals surface area (Å²) in [4.78, 5) is 0. The summed E-state index contributed by atoms with van der Waals surface area (Å²) in [5.74, 6) is 0. The topological polar surface area (TPSA) is 0 Å². The van der Waals surface area contributed by atoms with E-state index in [4.69, 9.17) is 11.6 Å². The van der Waals surface area contributed by atoms with E-state index in [0.717, 1.165) is 0 Å². The van der Waals surface area contributed by atoms with E-state index in [2.05, 4.69) is 6.58 Å². The van der Waals surface area contributed by atoms with Crippen LogP contribution in [0.1, 0.15) is 5.56 Å². The van der Waals surface area contributed by atoms with Gasteiger partial charge in [-0.1, -0.05) is 29.3 Å². The van der Waals surface area contributed by atoms with E-state index in [0.29, 0.717) is 5.02 Å². The normalized spacial score (nSPS) is 10.6. The minimum Gasteiger partial charge on any atom is -0.445 e. The van der Waals surface area contributed by atoms with Crippen LogP contribution in [0.2, 0.25) is 5.02 Å². The van der Waals surface area contributed by atoms with Gasteiger partial charge < -0.3 is 12.9 Å². The van der Waals surface area contributed by atoms with Crippen LogP contribution in [0.15, 0.2) is 30.8 Å². The van der Waals surface area contributed by atoms with Crippen molar-refractivity contribution in [3.8, 4) is 0 Å². The monoisotopic (exact) mass is 244 g/mol. The maximum absolute atomic E-state index is 12.2. The van der Waals surface area contributed by atoms with Gasteiger partial charge in [0.15, 0.2) is 0 Å². The van der Waals surface area contributed by atoms with Gasteiger partial charge in [0, 0.05) is 5.02 Å². The van der Waals surface area contributed by atoms with Crippen molar-refractivity contribution in [3.05, 3.63) is 41.4 Å². The molecule has 0 N–H and O–H groups in total. The van der Waals surface area contributed by atoms with E-state index < -0.39 is 12.4 Å². The quantitative estimate of drug-likeness (QED) is 0.674. The van der Waals surface area contributed by atoms with Crippen molar-refractivity contribution in [2.24, 2.45) is 0 Å². The Balaban J connectivity index is 0.00000169. The minimum atomic E-state index is -5.00. The molecule has 0 atom stereocenters. The van der Waals surface area contributed by atoms with Gasteiger partial charge in [0.25, 0.3) is 0 Å². The molecule has 0 saturated carbocycles. The summed E-state index contributed by atoms with van der Waals surface area (Å²) in [6.45, 7) is -2.01. The molecule has 0 spiro atoms. The fourth-order valence-corrected chi connectivity index (χ4v) is 0.979. The molecule has 14 heavy (non-hydrogen) atoms. The van der Waals surface area contributed by atoms with Crippen LogP contribution < -0.4 is 51.4 Å². The number of rotatable bonds is 2. The molecule has 0 aromatic heterocycles. The average Bonchev–Trinajstić information content (AvgIpc) is 2.03. The molecule has 6 heteroatoms. The SMILES string of the molecule is C=C(c1ccc(Cl)cc1)[B-](F)(F)F.[K+]. The van der Waals surface area contributed by atoms with Crippen LogP contribution >= 0.6 is 11.6 Å². The summed E-state index contributed by atoms with van der Waals surface area (Å²) in [6.07, 6.45) is 0. The van der Waals surface area contributed by atoms with Crippen molar-refractivity contribution in [2.45, 2.75) is 0 Å². The van der Waals surface area contributed by atoms with E-state index >= 15 is 0 Å². The van der Waals surface area contributed by atoms with Crippen molar-refractivity contribution in [1.82, 2.24) is 0 Å². The second-order valence-electron chi connectivity index (χ2n) is 2.61. The fraction of sp³-hybridized carbons (Fsp3) is 0. The molecule has 0 fully saturated rings. The maximum Gasteiger partial charge on any atom is 1.00 e. The van der Waals surface area contributed by atoms with Crippen molar-refractivity contribution < 1.29 is 64.3 Å². The molecule has 1 rings (SSSR count). The zero-order valence-corrected chi connectivity index (χ0v) is 11.5. The van der Waals surface area contributed by atoms with Crippen LogP contribution in [0.25, 0.3) is 5.47 Å². The predicted molar refractivity (Wildman–Crippen MR) is 49.6 cm³/mol. The summed E-state index contributed by atoms with van der Waals surface area (Å²) < 4.78 is 36.5. The maximum atomic E-state index is 12.2. The van der Waals surface area contributed by atoms with Crippen LogP contribution in [-0.2, 0) is 0 Å². The van der Waals surface area contributed by atoms with Crippen molar-refractivity contribution >= 4 is 24.1 Å². The summed E-state index contributed by atoms with van der Waals surface area (Å²) in [5.41, 5.74) is -0.728. The van der Waals surface area contributed by atoms with Crippen molar-refractivity contribution in [3.63, 3.8) is 0 Å². The Labute approximate surface area is 128 Å². The zero-order valence-electron chi connectivity index (χ0n) is 7.61. The Kier molecular flexibility index (Phi) is 6.03. The fourth-order valence-electron chi connectivity index (χ4n) is 0.853. The summed E-state index contributed by atoms with van der Waals surface area (Å²) in [6, 6.07) is 5.42. The van der Waals surface area contributed by atoms with E-state index in [1.54, 1.807) is 0 Å². The Hall–Kier alpha value is 0.741. The molecule has 1 aromatic carbocycles. The third-order valence-corrected chi connectivity index (χ3v) is 1.86. The Bertz CT molecular complexity index is 320. The molecule has 0 radical (unpaired) electrons. The third-order valence-electron chi connectivity index (χ3n) is 1.61. The van der Waals surface area contributed by atoms with Crippen LogP contribution in [0.4, 0.5) is 12.9 Å². The molecule has 0 aliphatic rings. The van der Waals surface area contributed by atoms with Crippen LogP contribution in [0.5, 0.6) is 0 Å². The molecule has 1 aromatic rings. The molecule has 0 amide bonds. The van der Waals surface area contributed by atoms with Gasteiger partial charge >= 0.3 is 58.4 Å². The summed E-state index contributed by atoms with van der Waals surface area (Å²) in [5, 5.41) is 0.409. The molecular weight excluding hydrogens is 238 g/mol. The molecule has 0 aliphatic carbocycles. The first-order chi connectivity index (χ1) is 5.91. The number of benzene rings is 1. The van der Waals surface area contributed by atoms with Gasteiger partial charge in [-0.25, -0.2) is 0 Å². The van der Waals surface area contributed by atoms with Gasteiger partial charge in [0.2, 0.25) is 0 Å². The van der Waals surface area contributed by atoms with Gasteiger partial charge in [-0.2, -0.15) is 0 Å². The summed E-state index contributed by atoms with van der Waals surface area (Å²) >= 11 is 5.52. The number of hydrogen-bond donors (Lipinski definition) is 0. The Morgan fingerprint density at radius 2 is 1.57 bits per heavy atom. The van der Waals surface area contributed by atoms with E-state index in [1.165, 1.54) is 24.3 Å². The van der Waals surface area contributed by atoms with Crippen LogP contribution in [0, 0.1) is 0 Å². The third kappa shape index (κ3) is 4.08. The molecule has 0 bridgehead atoms. The first kappa shape index (κ1) is 14.7. The van der Waals surface area contributed by atoms with E-state index in [9.17, 15) is 12.9 Å². The Morgan fingerprint density at radius 1 is 1.14 bits per heavy atom. The molecule has 70 valence electrons. The first-order valence-electron chi connectivity index (χ1n) is 3.56. The molecular formula is C8H6BClF3K. The predicted octanol–water partition coefficient (Wildman–Crippen LogP) is 0.744. The average molecular weight is 244 g/mol. The van der Waals surface area contributed by atoms with E-state index in [-0.39, 0.29) is 56.9 Å². The molecule has 0 heterocycles. The zero-order chi connectivity index (χ0) is 10.1. The smallest absolute Gasteiger partial charge is 0.445 e. The Morgan fingerprint density at radius 3 is 1.93 bits per heavy atom. The second kappa shape index (κ2) is 5.72. The van der Waals surface area contributed by atoms with Crippen LogP contribution in [-0.4, -0.2) is 6.98 Å². The first-order valence-corrected chi connectivity index (χ1v) is 3.94. The molecule has 0 aliphatic heterocycles. The van der Waals surface area contributed by atoms with Gasteiger partial charge in [-0.05, 0) is 12.1 Å². The largest absolute Gasteiger partial charge is 1.00 e.